The number of nitrogens with zero attached hydrogens (tertiary/aromatic N) is 1. The van der Waals surface area contributed by atoms with Gasteiger partial charge in [0, 0.05) is 0 Å². The fourth-order valence-corrected chi connectivity index (χ4v) is 3.27. The average molecular weight is 412 g/mol. The Hall–Kier alpha value is -3.39. The number of phenolic OH excluding ortho intramolecular Hbond substituents is 1. The van der Waals surface area contributed by atoms with Gasteiger partial charge < -0.3 is 14.6 Å². The summed E-state index contributed by atoms with van der Waals surface area (Å²) in [5, 5.41) is 12.6. The van der Waals surface area contributed by atoms with Crippen LogP contribution in [0, 0.1) is 13.8 Å². The first-order valence-corrected chi connectivity index (χ1v) is 9.11. The number of phenols is 1. The number of carbonyl (C=O) groups is 2. The van der Waals surface area contributed by atoms with Gasteiger partial charge in [-0.1, -0.05) is 12.1 Å². The van der Waals surface area contributed by atoms with Crippen LogP contribution in [0.2, 0.25) is 0 Å². The summed E-state index contributed by atoms with van der Waals surface area (Å²) in [4.78, 5) is 27.0. The molecule has 2 amide bonds. The van der Waals surface area contributed by atoms with Crippen molar-refractivity contribution in [3.63, 3.8) is 0 Å². The molecule has 0 bridgehead atoms. The SMILES string of the molecule is COc1cc(C=C2C(=O)NC(=S)N(c3cc(C)ccc3C)C2=O)cc(OC)c1O. The molecule has 0 radical (unpaired) electrons. The van der Waals surface area contributed by atoms with Crippen LogP contribution in [0.4, 0.5) is 5.69 Å². The maximum absolute atomic E-state index is 13.2. The second-order valence-corrected chi connectivity index (χ2v) is 6.91. The number of ether oxygens (including phenoxy) is 2. The van der Waals surface area contributed by atoms with Crippen molar-refractivity contribution < 1.29 is 24.2 Å². The normalized spacial score (nSPS) is 15.5. The van der Waals surface area contributed by atoms with Gasteiger partial charge in [-0.2, -0.15) is 0 Å². The van der Waals surface area contributed by atoms with Crippen LogP contribution in [0.15, 0.2) is 35.9 Å². The highest BCUT2D eigenvalue weighted by molar-refractivity contribution is 7.80. The molecular formula is C21H20N2O5S. The summed E-state index contributed by atoms with van der Waals surface area (Å²) in [5.41, 5.74) is 2.75. The number of rotatable bonds is 4. The van der Waals surface area contributed by atoms with Gasteiger partial charge in [-0.05, 0) is 67.0 Å². The third-order valence-electron chi connectivity index (χ3n) is 4.52. The molecule has 8 heteroatoms. The van der Waals surface area contributed by atoms with Crippen LogP contribution in [0.3, 0.4) is 0 Å². The van der Waals surface area contributed by atoms with Gasteiger partial charge in [0.2, 0.25) is 5.75 Å². The highest BCUT2D eigenvalue weighted by Gasteiger charge is 2.35. The van der Waals surface area contributed by atoms with E-state index in [1.165, 1.54) is 37.3 Å². The lowest BCUT2D eigenvalue weighted by Crippen LogP contribution is -2.54. The molecule has 1 fully saturated rings. The molecule has 1 aliphatic rings. The largest absolute Gasteiger partial charge is 0.502 e. The molecule has 0 aromatic heterocycles. The monoisotopic (exact) mass is 412 g/mol. The van der Waals surface area contributed by atoms with E-state index in [0.29, 0.717) is 11.3 Å². The van der Waals surface area contributed by atoms with Gasteiger partial charge in [0.25, 0.3) is 11.8 Å². The quantitative estimate of drug-likeness (QED) is 0.456. The molecule has 0 atom stereocenters. The summed E-state index contributed by atoms with van der Waals surface area (Å²) < 4.78 is 10.3. The zero-order valence-electron chi connectivity index (χ0n) is 16.4. The van der Waals surface area contributed by atoms with E-state index in [1.807, 2.05) is 32.0 Å². The Morgan fingerprint density at radius 3 is 2.28 bits per heavy atom. The first-order valence-electron chi connectivity index (χ1n) is 8.70. The topological polar surface area (TPSA) is 88.1 Å². The minimum Gasteiger partial charge on any atom is -0.502 e. The highest BCUT2D eigenvalue weighted by Crippen LogP contribution is 2.38. The van der Waals surface area contributed by atoms with E-state index < -0.39 is 11.8 Å². The first-order chi connectivity index (χ1) is 13.8. The molecular weight excluding hydrogens is 392 g/mol. The molecule has 2 aromatic rings. The average Bonchev–Trinajstić information content (AvgIpc) is 2.68. The molecule has 1 saturated heterocycles. The number of benzene rings is 2. The van der Waals surface area contributed by atoms with Crippen molar-refractivity contribution in [1.29, 1.82) is 0 Å². The number of hydrogen-bond donors (Lipinski definition) is 2. The summed E-state index contributed by atoms with van der Waals surface area (Å²) in [6.45, 7) is 3.77. The van der Waals surface area contributed by atoms with Crippen LogP contribution in [0.25, 0.3) is 6.08 Å². The second-order valence-electron chi connectivity index (χ2n) is 6.52. The minimum atomic E-state index is -0.604. The predicted octanol–water partition coefficient (Wildman–Crippen LogP) is 2.86. The number of carbonyl (C=O) groups excluding carboxylic acids is 2. The summed E-state index contributed by atoms with van der Waals surface area (Å²) >= 11 is 5.25. The van der Waals surface area contributed by atoms with E-state index in [2.05, 4.69) is 5.32 Å². The molecule has 3 rings (SSSR count). The zero-order chi connectivity index (χ0) is 21.3. The van der Waals surface area contributed by atoms with Crippen molar-refractivity contribution in [1.82, 2.24) is 5.32 Å². The standard InChI is InChI=1S/C21H20N2O5S/c1-11-5-6-12(2)15(7-11)23-20(26)14(19(25)22-21(23)29)8-13-9-16(27-3)18(24)17(10-13)28-4/h5-10,24H,1-4H3,(H,22,25,29). The highest BCUT2D eigenvalue weighted by atomic mass is 32.1. The number of amides is 2. The smallest absolute Gasteiger partial charge is 0.270 e. The Morgan fingerprint density at radius 1 is 1.07 bits per heavy atom. The Bertz CT molecular complexity index is 1040. The number of aryl methyl sites for hydroxylation is 2. The van der Waals surface area contributed by atoms with E-state index in [-0.39, 0.29) is 27.9 Å². The minimum absolute atomic E-state index is 0.0201. The van der Waals surface area contributed by atoms with E-state index >= 15 is 0 Å². The van der Waals surface area contributed by atoms with Gasteiger partial charge in [0.05, 0.1) is 19.9 Å². The van der Waals surface area contributed by atoms with Crippen LogP contribution in [0.5, 0.6) is 17.2 Å². The molecule has 0 spiro atoms. The summed E-state index contributed by atoms with van der Waals surface area (Å²) in [6, 6.07) is 8.65. The third kappa shape index (κ3) is 3.79. The first kappa shape index (κ1) is 20.3. The molecule has 1 heterocycles. The molecule has 1 aliphatic heterocycles. The number of anilines is 1. The van der Waals surface area contributed by atoms with E-state index in [4.69, 9.17) is 21.7 Å². The Morgan fingerprint density at radius 2 is 1.69 bits per heavy atom. The van der Waals surface area contributed by atoms with E-state index in [1.54, 1.807) is 0 Å². The number of nitrogens with one attached hydrogen (secondary N) is 1. The lowest BCUT2D eigenvalue weighted by molar-refractivity contribution is -0.122. The molecule has 7 nitrogen and oxygen atoms in total. The van der Waals surface area contributed by atoms with Gasteiger partial charge in [-0.25, -0.2) is 0 Å². The third-order valence-corrected chi connectivity index (χ3v) is 4.80. The van der Waals surface area contributed by atoms with Gasteiger partial charge in [-0.3, -0.25) is 19.8 Å². The molecule has 0 aliphatic carbocycles. The van der Waals surface area contributed by atoms with Crippen LogP contribution >= 0.6 is 12.2 Å². The van der Waals surface area contributed by atoms with Crippen LogP contribution in [-0.4, -0.2) is 36.3 Å². The molecule has 0 unspecified atom stereocenters. The van der Waals surface area contributed by atoms with Gasteiger partial charge in [-0.15, -0.1) is 0 Å². The Kier molecular flexibility index (Phi) is 5.56. The summed E-state index contributed by atoms with van der Waals surface area (Å²) in [7, 11) is 2.79. The lowest BCUT2D eigenvalue weighted by Gasteiger charge is -2.30. The van der Waals surface area contributed by atoms with Crippen molar-refractivity contribution >= 4 is 40.9 Å². The van der Waals surface area contributed by atoms with Crippen molar-refractivity contribution in [2.75, 3.05) is 19.1 Å². The van der Waals surface area contributed by atoms with E-state index in [0.717, 1.165) is 11.1 Å². The maximum Gasteiger partial charge on any atom is 0.270 e. The lowest BCUT2D eigenvalue weighted by atomic mass is 10.0. The molecule has 2 N–H and O–H groups in total. The van der Waals surface area contributed by atoms with Crippen molar-refractivity contribution in [3.8, 4) is 17.2 Å². The second kappa shape index (κ2) is 7.92. The number of hydrogen-bond acceptors (Lipinski definition) is 6. The van der Waals surface area contributed by atoms with Crippen LogP contribution < -0.4 is 19.7 Å². The molecule has 2 aromatic carbocycles. The Labute approximate surface area is 173 Å². The fraction of sp³-hybridized carbons (Fsp3) is 0.190. The summed E-state index contributed by atoms with van der Waals surface area (Å²) in [5.74, 6) is -1.01. The zero-order valence-corrected chi connectivity index (χ0v) is 17.2. The molecule has 29 heavy (non-hydrogen) atoms. The van der Waals surface area contributed by atoms with Crippen molar-refractivity contribution in [2.24, 2.45) is 0 Å². The fourth-order valence-electron chi connectivity index (χ4n) is 3.00. The summed E-state index contributed by atoms with van der Waals surface area (Å²) in [6.07, 6.45) is 1.40. The Balaban J connectivity index is 2.10. The van der Waals surface area contributed by atoms with Gasteiger partial charge >= 0.3 is 0 Å². The van der Waals surface area contributed by atoms with Gasteiger partial charge in [0.1, 0.15) is 5.57 Å². The van der Waals surface area contributed by atoms with Crippen molar-refractivity contribution in [2.45, 2.75) is 13.8 Å². The number of methoxy groups -OCH3 is 2. The predicted molar refractivity (Wildman–Crippen MR) is 113 cm³/mol. The number of aromatic hydroxyl groups is 1. The molecule has 0 saturated carbocycles. The van der Waals surface area contributed by atoms with Crippen molar-refractivity contribution in [3.05, 3.63) is 52.6 Å². The van der Waals surface area contributed by atoms with Gasteiger partial charge in [0.15, 0.2) is 16.6 Å². The van der Waals surface area contributed by atoms with Crippen LogP contribution in [0.1, 0.15) is 16.7 Å². The maximum atomic E-state index is 13.2. The number of thiocarbonyl (C=S) groups is 1. The van der Waals surface area contributed by atoms with E-state index in [9.17, 15) is 14.7 Å². The van der Waals surface area contributed by atoms with Crippen LogP contribution in [-0.2, 0) is 9.59 Å². The molecule has 150 valence electrons.